The number of carbonyl (C=O) groups is 1. The van der Waals surface area contributed by atoms with E-state index in [-0.39, 0.29) is 17.9 Å². The van der Waals surface area contributed by atoms with Crippen LogP contribution in [0.2, 0.25) is 0 Å². The van der Waals surface area contributed by atoms with Crippen molar-refractivity contribution in [3.63, 3.8) is 0 Å². The summed E-state index contributed by atoms with van der Waals surface area (Å²) in [6, 6.07) is 0. The van der Waals surface area contributed by atoms with Crippen LogP contribution in [0.15, 0.2) is 0 Å². The van der Waals surface area contributed by atoms with Gasteiger partial charge in [0.25, 0.3) is 0 Å². The molecular formula is C8H14O3. The topological polar surface area (TPSA) is 46.5 Å². The van der Waals surface area contributed by atoms with Crippen molar-refractivity contribution in [2.45, 2.75) is 25.9 Å². The predicted molar refractivity (Wildman–Crippen MR) is 40.3 cm³/mol. The van der Waals surface area contributed by atoms with Gasteiger partial charge in [-0.2, -0.15) is 0 Å². The zero-order valence-electron chi connectivity index (χ0n) is 6.91. The Bertz CT molecular complexity index is 151. The zero-order chi connectivity index (χ0) is 8.43. The van der Waals surface area contributed by atoms with Gasteiger partial charge in [0.2, 0.25) is 0 Å². The molecule has 3 heteroatoms. The molecule has 0 aliphatic heterocycles. The number of carboxylic acids is 1. The Labute approximate surface area is 66.4 Å². The van der Waals surface area contributed by atoms with Crippen LogP contribution in [0.25, 0.3) is 0 Å². The summed E-state index contributed by atoms with van der Waals surface area (Å²) in [4.78, 5) is 10.5. The molecule has 11 heavy (non-hydrogen) atoms. The minimum Gasteiger partial charge on any atom is -0.481 e. The summed E-state index contributed by atoms with van der Waals surface area (Å²) in [7, 11) is 1.64. The van der Waals surface area contributed by atoms with Crippen LogP contribution in [0.3, 0.4) is 0 Å². The quantitative estimate of drug-likeness (QED) is 0.667. The third-order valence-corrected chi connectivity index (χ3v) is 2.34. The first-order chi connectivity index (χ1) is 5.20. The van der Waals surface area contributed by atoms with E-state index in [4.69, 9.17) is 9.84 Å². The van der Waals surface area contributed by atoms with E-state index in [1.165, 1.54) is 0 Å². The van der Waals surface area contributed by atoms with Crippen LogP contribution in [0.5, 0.6) is 0 Å². The van der Waals surface area contributed by atoms with Gasteiger partial charge in [-0.3, -0.25) is 4.79 Å². The maximum absolute atomic E-state index is 10.5. The Morgan fingerprint density at radius 2 is 2.45 bits per heavy atom. The number of rotatable bonds is 4. The smallest absolute Gasteiger partial charge is 0.306 e. The molecule has 0 aromatic carbocycles. The van der Waals surface area contributed by atoms with Gasteiger partial charge in [0.05, 0.1) is 12.0 Å². The second kappa shape index (κ2) is 3.22. The maximum atomic E-state index is 10.5. The fourth-order valence-corrected chi connectivity index (χ4v) is 1.55. The first-order valence-electron chi connectivity index (χ1n) is 3.96. The van der Waals surface area contributed by atoms with E-state index < -0.39 is 5.97 Å². The van der Waals surface area contributed by atoms with Gasteiger partial charge in [-0.25, -0.2) is 0 Å². The van der Waals surface area contributed by atoms with Crippen molar-refractivity contribution >= 4 is 5.97 Å². The highest BCUT2D eigenvalue weighted by Crippen LogP contribution is 2.43. The summed E-state index contributed by atoms with van der Waals surface area (Å²) < 4.78 is 5.14. The molecule has 0 radical (unpaired) electrons. The van der Waals surface area contributed by atoms with Crippen LogP contribution >= 0.6 is 0 Å². The molecule has 0 spiro atoms. The molecule has 0 aromatic heterocycles. The van der Waals surface area contributed by atoms with Gasteiger partial charge in [0, 0.05) is 7.11 Å². The summed E-state index contributed by atoms with van der Waals surface area (Å²) in [5.41, 5.74) is 0. The van der Waals surface area contributed by atoms with E-state index in [9.17, 15) is 4.79 Å². The van der Waals surface area contributed by atoms with Crippen molar-refractivity contribution in [1.82, 2.24) is 0 Å². The van der Waals surface area contributed by atoms with E-state index in [0.29, 0.717) is 0 Å². The monoisotopic (exact) mass is 158 g/mol. The van der Waals surface area contributed by atoms with Gasteiger partial charge < -0.3 is 9.84 Å². The lowest BCUT2D eigenvalue weighted by Crippen LogP contribution is -2.15. The highest BCUT2D eigenvalue weighted by molar-refractivity contribution is 5.73. The van der Waals surface area contributed by atoms with E-state index in [2.05, 4.69) is 0 Å². The molecule has 0 amide bonds. The second-order valence-electron chi connectivity index (χ2n) is 3.03. The highest BCUT2D eigenvalue weighted by atomic mass is 16.5. The van der Waals surface area contributed by atoms with Gasteiger partial charge in [0.1, 0.15) is 0 Å². The van der Waals surface area contributed by atoms with Crippen molar-refractivity contribution in [3.8, 4) is 0 Å². The molecule has 0 saturated heterocycles. The fraction of sp³-hybridized carbons (Fsp3) is 0.875. The molecule has 1 N–H and O–H groups in total. The average Bonchev–Trinajstić information content (AvgIpc) is 2.70. The molecule has 1 aliphatic carbocycles. The van der Waals surface area contributed by atoms with E-state index in [1.807, 2.05) is 6.92 Å². The Morgan fingerprint density at radius 3 is 2.73 bits per heavy atom. The van der Waals surface area contributed by atoms with Crippen LogP contribution < -0.4 is 0 Å². The van der Waals surface area contributed by atoms with Gasteiger partial charge in [0.15, 0.2) is 0 Å². The van der Waals surface area contributed by atoms with E-state index in [0.717, 1.165) is 12.8 Å². The minimum atomic E-state index is -0.675. The molecular weight excluding hydrogens is 144 g/mol. The molecule has 3 nitrogen and oxygen atoms in total. The molecule has 1 rings (SSSR count). The molecule has 1 unspecified atom stereocenters. The lowest BCUT2D eigenvalue weighted by molar-refractivity contribution is -0.139. The zero-order valence-corrected chi connectivity index (χ0v) is 6.91. The third-order valence-electron chi connectivity index (χ3n) is 2.34. The molecule has 0 heterocycles. The van der Waals surface area contributed by atoms with E-state index in [1.54, 1.807) is 7.11 Å². The van der Waals surface area contributed by atoms with Crippen molar-refractivity contribution < 1.29 is 14.6 Å². The summed E-state index contributed by atoms with van der Waals surface area (Å²) >= 11 is 0. The summed E-state index contributed by atoms with van der Waals surface area (Å²) in [5.74, 6) is -0.548. The SMILES string of the molecule is CCC(OC)[C@@H]1C[C@H]1C(=O)O. The Morgan fingerprint density at radius 1 is 1.82 bits per heavy atom. The number of hydrogen-bond acceptors (Lipinski definition) is 2. The summed E-state index contributed by atoms with van der Waals surface area (Å²) in [5, 5.41) is 8.61. The van der Waals surface area contributed by atoms with Crippen LogP contribution in [-0.2, 0) is 9.53 Å². The molecule has 1 aliphatic rings. The Hall–Kier alpha value is -0.570. The molecule has 64 valence electrons. The highest BCUT2D eigenvalue weighted by Gasteiger charge is 2.47. The summed E-state index contributed by atoms with van der Waals surface area (Å²) in [6.07, 6.45) is 1.85. The van der Waals surface area contributed by atoms with Crippen LogP contribution in [0.4, 0.5) is 0 Å². The first-order valence-corrected chi connectivity index (χ1v) is 3.96. The lowest BCUT2D eigenvalue weighted by atomic mass is 10.1. The number of aliphatic carboxylic acids is 1. The Balaban J connectivity index is 2.35. The minimum absolute atomic E-state index is 0.139. The molecule has 0 bridgehead atoms. The maximum Gasteiger partial charge on any atom is 0.306 e. The van der Waals surface area contributed by atoms with Crippen molar-refractivity contribution in [2.24, 2.45) is 11.8 Å². The number of ether oxygens (including phenoxy) is 1. The van der Waals surface area contributed by atoms with Crippen molar-refractivity contribution in [2.75, 3.05) is 7.11 Å². The average molecular weight is 158 g/mol. The largest absolute Gasteiger partial charge is 0.481 e. The van der Waals surface area contributed by atoms with Crippen molar-refractivity contribution in [1.29, 1.82) is 0 Å². The second-order valence-corrected chi connectivity index (χ2v) is 3.03. The normalized spacial score (nSPS) is 31.5. The van der Waals surface area contributed by atoms with Gasteiger partial charge in [-0.1, -0.05) is 6.92 Å². The lowest BCUT2D eigenvalue weighted by Gasteiger charge is -2.10. The number of methoxy groups -OCH3 is 1. The van der Waals surface area contributed by atoms with E-state index >= 15 is 0 Å². The molecule has 1 fully saturated rings. The molecule has 0 aromatic rings. The molecule has 1 saturated carbocycles. The predicted octanol–water partition coefficient (Wildman–Crippen LogP) is 1.13. The summed E-state index contributed by atoms with van der Waals surface area (Å²) in [6.45, 7) is 2.02. The van der Waals surface area contributed by atoms with Crippen molar-refractivity contribution in [3.05, 3.63) is 0 Å². The molecule has 3 atom stereocenters. The standard InChI is InChI=1S/C8H14O3/c1-3-7(11-2)5-4-6(5)8(9)10/h5-7H,3-4H2,1-2H3,(H,9,10)/t5-,6-,7?/m1/s1. The third kappa shape index (κ3) is 1.71. The number of hydrogen-bond donors (Lipinski definition) is 1. The Kier molecular flexibility index (Phi) is 2.49. The van der Waals surface area contributed by atoms with Gasteiger partial charge >= 0.3 is 5.97 Å². The van der Waals surface area contributed by atoms with Crippen LogP contribution in [0.1, 0.15) is 19.8 Å². The number of carboxylic acid groups (broad SMARTS) is 1. The van der Waals surface area contributed by atoms with Crippen LogP contribution in [-0.4, -0.2) is 24.3 Å². The van der Waals surface area contributed by atoms with Gasteiger partial charge in [-0.15, -0.1) is 0 Å². The van der Waals surface area contributed by atoms with Gasteiger partial charge in [-0.05, 0) is 18.8 Å². The van der Waals surface area contributed by atoms with Crippen LogP contribution in [0, 0.1) is 11.8 Å². The fourth-order valence-electron chi connectivity index (χ4n) is 1.55. The first kappa shape index (κ1) is 8.53.